The lowest BCUT2D eigenvalue weighted by Crippen LogP contribution is -2.38. The van der Waals surface area contributed by atoms with Gasteiger partial charge in [0.25, 0.3) is 0 Å². The van der Waals surface area contributed by atoms with Crippen molar-refractivity contribution in [1.82, 2.24) is 19.7 Å². The highest BCUT2D eigenvalue weighted by atomic mass is 35.5. The van der Waals surface area contributed by atoms with Crippen molar-refractivity contribution in [3.8, 4) is 11.8 Å². The van der Waals surface area contributed by atoms with Crippen LogP contribution in [0.3, 0.4) is 0 Å². The summed E-state index contributed by atoms with van der Waals surface area (Å²) in [6, 6.07) is 1.78. The first kappa shape index (κ1) is 20.6. The van der Waals surface area contributed by atoms with Crippen LogP contribution in [-0.4, -0.2) is 57.2 Å². The summed E-state index contributed by atoms with van der Waals surface area (Å²) in [7, 11) is 2.00. The highest BCUT2D eigenvalue weighted by molar-refractivity contribution is 6.30. The number of aromatic nitrogens is 3. The fourth-order valence-electron chi connectivity index (χ4n) is 4.51. The van der Waals surface area contributed by atoms with Crippen molar-refractivity contribution in [3.63, 3.8) is 0 Å². The van der Waals surface area contributed by atoms with Gasteiger partial charge in [0.05, 0.1) is 17.5 Å². The number of fused-ring (bicyclic) bond motifs is 1. The molecule has 0 bridgehead atoms. The first-order valence-electron chi connectivity index (χ1n) is 10.5. The number of rotatable bonds is 3. The zero-order chi connectivity index (χ0) is 20.5. The lowest BCUT2D eigenvalue weighted by atomic mass is 9.74. The van der Waals surface area contributed by atoms with Crippen LogP contribution in [0.1, 0.15) is 50.6 Å². The number of hydrogen-bond acceptors (Lipinski definition) is 4. The molecule has 1 aliphatic carbocycles. The first-order valence-corrected chi connectivity index (χ1v) is 10.8. The van der Waals surface area contributed by atoms with Crippen molar-refractivity contribution < 1.29 is 9.50 Å². The van der Waals surface area contributed by atoms with Gasteiger partial charge in [0.2, 0.25) is 0 Å². The molecule has 1 aliphatic heterocycles. The molecule has 2 aromatic heterocycles. The third-order valence-electron chi connectivity index (χ3n) is 6.52. The molecule has 29 heavy (non-hydrogen) atoms. The molecule has 0 spiro atoms. The van der Waals surface area contributed by atoms with Crippen LogP contribution >= 0.6 is 11.6 Å². The smallest absolute Gasteiger partial charge is 0.173 e. The van der Waals surface area contributed by atoms with E-state index in [1.54, 1.807) is 12.3 Å². The van der Waals surface area contributed by atoms with Gasteiger partial charge in [-0.15, -0.1) is 0 Å². The molecule has 0 radical (unpaired) electrons. The van der Waals surface area contributed by atoms with Gasteiger partial charge in [0.1, 0.15) is 10.8 Å². The Labute approximate surface area is 176 Å². The Kier molecular flexibility index (Phi) is 5.83. The first-order chi connectivity index (χ1) is 13.9. The van der Waals surface area contributed by atoms with E-state index in [-0.39, 0.29) is 12.0 Å². The third kappa shape index (κ3) is 4.42. The van der Waals surface area contributed by atoms with Gasteiger partial charge in [0.15, 0.2) is 5.67 Å². The van der Waals surface area contributed by atoms with Gasteiger partial charge in [-0.25, -0.2) is 9.37 Å². The molecule has 2 aliphatic rings. The quantitative estimate of drug-likeness (QED) is 0.608. The number of nitrogens with zero attached hydrogens (tertiary/aromatic N) is 4. The molecule has 7 heteroatoms. The summed E-state index contributed by atoms with van der Waals surface area (Å²) in [4.78, 5) is 6.30. The van der Waals surface area contributed by atoms with E-state index < -0.39 is 5.67 Å². The maximum Gasteiger partial charge on any atom is 0.173 e. The fraction of sp³-hybridized carbons (Fsp3) is 0.636. The maximum atomic E-state index is 15.1. The molecule has 0 unspecified atom stereocenters. The molecule has 0 atom stereocenters. The predicted molar refractivity (Wildman–Crippen MR) is 113 cm³/mol. The van der Waals surface area contributed by atoms with Gasteiger partial charge in [-0.3, -0.25) is 4.68 Å². The van der Waals surface area contributed by atoms with Crippen molar-refractivity contribution >= 4 is 22.5 Å². The summed E-state index contributed by atoms with van der Waals surface area (Å²) in [6.45, 7) is 2.15. The van der Waals surface area contributed by atoms with Crippen LogP contribution in [0.2, 0.25) is 5.15 Å². The number of likely N-dealkylation sites (tertiary alicyclic amines) is 1. The van der Waals surface area contributed by atoms with Gasteiger partial charge in [0, 0.05) is 50.2 Å². The van der Waals surface area contributed by atoms with Crippen LogP contribution in [0.4, 0.5) is 4.39 Å². The largest absolute Gasteiger partial charge is 0.396 e. The van der Waals surface area contributed by atoms with Crippen molar-refractivity contribution in [2.75, 3.05) is 26.7 Å². The zero-order valence-corrected chi connectivity index (χ0v) is 17.7. The van der Waals surface area contributed by atoms with Crippen LogP contribution < -0.4 is 0 Å². The van der Waals surface area contributed by atoms with Crippen LogP contribution in [0.5, 0.6) is 0 Å². The molecule has 1 saturated heterocycles. The number of pyridine rings is 1. The number of aliphatic hydroxyl groups excluding tert-OH is 1. The molecular formula is C22H28ClFN4O. The summed E-state index contributed by atoms with van der Waals surface area (Å²) < 4.78 is 17.0. The summed E-state index contributed by atoms with van der Waals surface area (Å²) >= 11 is 6.14. The van der Waals surface area contributed by atoms with Crippen LogP contribution in [0.25, 0.3) is 10.9 Å². The Morgan fingerprint density at radius 1 is 1.21 bits per heavy atom. The second-order valence-electron chi connectivity index (χ2n) is 8.77. The van der Waals surface area contributed by atoms with E-state index in [1.165, 1.54) is 6.42 Å². The minimum Gasteiger partial charge on any atom is -0.396 e. The number of halogens is 2. The summed E-state index contributed by atoms with van der Waals surface area (Å²) in [5.74, 6) is 5.85. The van der Waals surface area contributed by atoms with Crippen LogP contribution in [0, 0.1) is 17.3 Å². The van der Waals surface area contributed by atoms with Gasteiger partial charge in [-0.05, 0) is 25.8 Å². The highest BCUT2D eigenvalue weighted by Gasteiger charge is 2.34. The van der Waals surface area contributed by atoms with Crippen molar-refractivity contribution in [1.29, 1.82) is 0 Å². The Balaban J connectivity index is 1.68. The van der Waals surface area contributed by atoms with E-state index in [0.717, 1.165) is 36.6 Å². The Morgan fingerprint density at radius 3 is 2.62 bits per heavy atom. The lowest BCUT2D eigenvalue weighted by Gasteiger charge is -2.35. The Morgan fingerprint density at radius 2 is 1.93 bits per heavy atom. The normalized spacial score (nSPS) is 21.7. The number of alkyl halides is 1. The third-order valence-corrected chi connectivity index (χ3v) is 6.73. The van der Waals surface area contributed by atoms with Crippen LogP contribution in [-0.2, 0) is 6.54 Å². The van der Waals surface area contributed by atoms with E-state index in [9.17, 15) is 5.11 Å². The lowest BCUT2D eigenvalue weighted by molar-refractivity contribution is 0.0624. The minimum atomic E-state index is -1.47. The molecule has 1 saturated carbocycles. The molecule has 2 aromatic rings. The van der Waals surface area contributed by atoms with Gasteiger partial charge < -0.3 is 10.0 Å². The minimum absolute atomic E-state index is 0.134. The standard InChI is InChI=1S/C22H28ClFN4O/c1-27-11-9-22(24,10-12-27)8-5-18-17-14-25-20(23)13-19(17)28(26-18)15-21(16-29)6-3-2-4-7-21/h13-14,29H,2-4,6-7,9-12,15-16H2,1H3. The van der Waals surface area contributed by atoms with Crippen molar-refractivity contribution in [3.05, 3.63) is 23.1 Å². The van der Waals surface area contributed by atoms with Crippen molar-refractivity contribution in [2.24, 2.45) is 5.41 Å². The highest BCUT2D eigenvalue weighted by Crippen LogP contribution is 2.38. The molecule has 2 fully saturated rings. The SMILES string of the molecule is CN1CCC(F)(C#Cc2nn(CC3(CO)CCCCC3)c3cc(Cl)ncc23)CC1. The van der Waals surface area contributed by atoms with E-state index in [0.29, 0.717) is 43.3 Å². The van der Waals surface area contributed by atoms with E-state index in [1.807, 2.05) is 11.7 Å². The van der Waals surface area contributed by atoms with E-state index >= 15 is 4.39 Å². The molecule has 0 amide bonds. The van der Waals surface area contributed by atoms with Gasteiger partial charge in [-0.1, -0.05) is 36.8 Å². The number of aliphatic hydroxyl groups is 1. The average molecular weight is 419 g/mol. The van der Waals surface area contributed by atoms with Crippen molar-refractivity contribution in [2.45, 2.75) is 57.2 Å². The summed E-state index contributed by atoms with van der Waals surface area (Å²) in [6.07, 6.45) is 7.89. The van der Waals surface area contributed by atoms with Crippen LogP contribution in [0.15, 0.2) is 12.3 Å². The molecule has 156 valence electrons. The fourth-order valence-corrected chi connectivity index (χ4v) is 4.66. The second kappa shape index (κ2) is 8.22. The topological polar surface area (TPSA) is 54.2 Å². The molecule has 3 heterocycles. The second-order valence-corrected chi connectivity index (χ2v) is 9.16. The van der Waals surface area contributed by atoms with Gasteiger partial charge in [-0.2, -0.15) is 5.10 Å². The number of hydrogen-bond donors (Lipinski definition) is 1. The Hall–Kier alpha value is -1.68. The van der Waals surface area contributed by atoms with E-state index in [4.69, 9.17) is 16.7 Å². The maximum absolute atomic E-state index is 15.1. The average Bonchev–Trinajstić information content (AvgIpc) is 3.06. The molecule has 5 nitrogen and oxygen atoms in total. The monoisotopic (exact) mass is 418 g/mol. The predicted octanol–water partition coefficient (Wildman–Crippen LogP) is 3.81. The van der Waals surface area contributed by atoms with E-state index in [2.05, 4.69) is 21.7 Å². The molecule has 0 aromatic carbocycles. The number of piperidine rings is 1. The van der Waals surface area contributed by atoms with Gasteiger partial charge >= 0.3 is 0 Å². The molecule has 1 N–H and O–H groups in total. The molecule has 4 rings (SSSR count). The molecular weight excluding hydrogens is 391 g/mol. The zero-order valence-electron chi connectivity index (χ0n) is 16.9. The summed E-state index contributed by atoms with van der Waals surface area (Å²) in [5, 5.41) is 16.0. The summed E-state index contributed by atoms with van der Waals surface area (Å²) in [5.41, 5.74) is -0.279. The Bertz CT molecular complexity index is 933.